The van der Waals surface area contributed by atoms with Crippen molar-refractivity contribution in [1.29, 1.82) is 0 Å². The van der Waals surface area contributed by atoms with Crippen LogP contribution in [0, 0.1) is 4.91 Å². The molecule has 0 aliphatic carbocycles. The number of rotatable bonds is 16. The van der Waals surface area contributed by atoms with Crippen molar-refractivity contribution in [1.82, 2.24) is 6.15 Å². The highest BCUT2D eigenvalue weighted by molar-refractivity contribution is 4.42. The second-order valence-corrected chi connectivity index (χ2v) is 5.43. The standard InChI is InChI=1S/C16H34NO3.H3N/c1-3-5-7-9-11-13-15-19-17(18)20-16-14-12-10-8-6-4-2;/h3-16H2,1-2H3;1H3/q+1;. The van der Waals surface area contributed by atoms with Gasteiger partial charge in [0.2, 0.25) is 0 Å². The van der Waals surface area contributed by atoms with Gasteiger partial charge in [-0.05, 0) is 25.7 Å². The van der Waals surface area contributed by atoms with Crippen LogP contribution >= 0.6 is 0 Å². The van der Waals surface area contributed by atoms with E-state index in [1.807, 2.05) is 0 Å². The summed E-state index contributed by atoms with van der Waals surface area (Å²) >= 11 is 0. The molecule has 0 aliphatic heterocycles. The molecule has 5 nitrogen and oxygen atoms in total. The van der Waals surface area contributed by atoms with Gasteiger partial charge in [-0.25, -0.2) is 0 Å². The molecule has 0 aromatic carbocycles. The molecule has 128 valence electrons. The van der Waals surface area contributed by atoms with Crippen LogP contribution in [-0.2, 0) is 9.68 Å². The maximum absolute atomic E-state index is 11.2. The molecular weight excluding hydrogens is 268 g/mol. The zero-order valence-corrected chi connectivity index (χ0v) is 14.3. The first kappa shape index (κ1) is 22.4. The Morgan fingerprint density at radius 1 is 0.619 bits per heavy atom. The number of hydrogen-bond donors (Lipinski definition) is 1. The molecule has 0 fully saturated rings. The minimum atomic E-state index is 0. The fourth-order valence-corrected chi connectivity index (χ4v) is 2.08. The van der Waals surface area contributed by atoms with Crippen molar-refractivity contribution in [2.24, 2.45) is 0 Å². The lowest BCUT2D eigenvalue weighted by Crippen LogP contribution is -2.12. The summed E-state index contributed by atoms with van der Waals surface area (Å²) in [4.78, 5) is 21.1. The van der Waals surface area contributed by atoms with Crippen LogP contribution in [0.2, 0.25) is 0 Å². The third-order valence-electron chi connectivity index (χ3n) is 3.39. The lowest BCUT2D eigenvalue weighted by atomic mass is 10.1. The van der Waals surface area contributed by atoms with E-state index in [1.165, 1.54) is 51.4 Å². The Bertz CT molecular complexity index is 194. The highest BCUT2D eigenvalue weighted by Crippen LogP contribution is 2.06. The third kappa shape index (κ3) is 19.2. The summed E-state index contributed by atoms with van der Waals surface area (Å²) in [5.41, 5.74) is 0. The predicted molar refractivity (Wildman–Crippen MR) is 87.3 cm³/mol. The van der Waals surface area contributed by atoms with Crippen LogP contribution in [-0.4, -0.2) is 18.3 Å². The van der Waals surface area contributed by atoms with Gasteiger partial charge >= 0.3 is 5.09 Å². The maximum atomic E-state index is 11.2. The summed E-state index contributed by atoms with van der Waals surface area (Å²) in [6.45, 7) is 5.34. The zero-order valence-electron chi connectivity index (χ0n) is 14.3. The quantitative estimate of drug-likeness (QED) is 0.301. The molecule has 0 rings (SSSR count). The molecule has 0 spiro atoms. The monoisotopic (exact) mass is 305 g/mol. The Kier molecular flexibility index (Phi) is 20.5. The van der Waals surface area contributed by atoms with E-state index < -0.39 is 0 Å². The van der Waals surface area contributed by atoms with Gasteiger partial charge in [-0.3, -0.25) is 0 Å². The van der Waals surface area contributed by atoms with E-state index in [0.29, 0.717) is 13.2 Å². The van der Waals surface area contributed by atoms with Crippen molar-refractivity contribution < 1.29 is 14.8 Å². The molecule has 0 atom stereocenters. The molecule has 0 aromatic rings. The second kappa shape index (κ2) is 19.2. The van der Waals surface area contributed by atoms with E-state index in [2.05, 4.69) is 13.8 Å². The van der Waals surface area contributed by atoms with Crippen molar-refractivity contribution in [3.63, 3.8) is 0 Å². The first-order chi connectivity index (χ1) is 9.81. The molecule has 0 bridgehead atoms. The number of nitrogens with zero attached hydrogens (tertiary/aromatic N) is 1. The summed E-state index contributed by atoms with van der Waals surface area (Å²) in [6, 6.07) is 0. The molecule has 0 aromatic heterocycles. The summed E-state index contributed by atoms with van der Waals surface area (Å²) in [5.74, 6) is 0. The molecular formula is C16H37N2O3+. The van der Waals surface area contributed by atoms with E-state index in [0.717, 1.165) is 25.7 Å². The molecule has 21 heavy (non-hydrogen) atoms. The Morgan fingerprint density at radius 3 is 1.33 bits per heavy atom. The SMILES string of the molecule is CCCCCCCCO[N+](=O)OCCCCCCCC.N. The smallest absolute Gasteiger partial charge is 0.344 e. The van der Waals surface area contributed by atoms with Gasteiger partial charge in [0.1, 0.15) is 4.91 Å². The molecule has 0 heterocycles. The minimum absolute atomic E-state index is 0. The average Bonchev–Trinajstić information content (AvgIpc) is 2.45. The van der Waals surface area contributed by atoms with Crippen molar-refractivity contribution in [3.8, 4) is 0 Å². The molecule has 3 N–H and O–H groups in total. The van der Waals surface area contributed by atoms with Crippen LogP contribution in [0.25, 0.3) is 0 Å². The molecule has 0 unspecified atom stereocenters. The highest BCUT2D eigenvalue weighted by Gasteiger charge is 2.10. The summed E-state index contributed by atoms with van der Waals surface area (Å²) in [7, 11) is 0. The summed E-state index contributed by atoms with van der Waals surface area (Å²) in [5, 5.41) is 0.290. The number of hydrogen-bond acceptors (Lipinski definition) is 4. The van der Waals surface area contributed by atoms with Gasteiger partial charge in [-0.15, -0.1) is 0 Å². The van der Waals surface area contributed by atoms with Crippen molar-refractivity contribution >= 4 is 0 Å². The van der Waals surface area contributed by atoms with Crippen LogP contribution < -0.4 is 6.15 Å². The molecule has 0 saturated carbocycles. The third-order valence-corrected chi connectivity index (χ3v) is 3.39. The normalized spacial score (nSPS) is 10.0. The number of unbranched alkanes of at least 4 members (excludes halogenated alkanes) is 10. The first-order valence-electron chi connectivity index (χ1n) is 8.54. The fourth-order valence-electron chi connectivity index (χ4n) is 2.08. The van der Waals surface area contributed by atoms with Gasteiger partial charge in [-0.1, -0.05) is 65.2 Å². The fraction of sp³-hybridized carbons (Fsp3) is 1.00. The predicted octanol–water partition coefficient (Wildman–Crippen LogP) is 5.51. The van der Waals surface area contributed by atoms with Crippen molar-refractivity contribution in [2.75, 3.05) is 13.2 Å². The van der Waals surface area contributed by atoms with E-state index in [4.69, 9.17) is 9.68 Å². The maximum Gasteiger partial charge on any atom is 0.477 e. The van der Waals surface area contributed by atoms with E-state index in [9.17, 15) is 4.91 Å². The molecule has 0 radical (unpaired) electrons. The van der Waals surface area contributed by atoms with E-state index >= 15 is 0 Å². The van der Waals surface area contributed by atoms with Gasteiger partial charge in [0, 0.05) is 0 Å². The van der Waals surface area contributed by atoms with E-state index in [1.54, 1.807) is 0 Å². The lowest BCUT2D eigenvalue weighted by Gasteiger charge is -1.99. The van der Waals surface area contributed by atoms with Crippen LogP contribution in [0.4, 0.5) is 0 Å². The molecule has 0 saturated heterocycles. The first-order valence-corrected chi connectivity index (χ1v) is 8.54. The Labute approximate surface area is 130 Å². The second-order valence-electron chi connectivity index (χ2n) is 5.43. The lowest BCUT2D eigenvalue weighted by molar-refractivity contribution is -0.981. The topological polar surface area (TPSA) is 73.5 Å². The van der Waals surface area contributed by atoms with E-state index in [-0.39, 0.29) is 11.2 Å². The Morgan fingerprint density at radius 2 is 0.952 bits per heavy atom. The van der Waals surface area contributed by atoms with Gasteiger partial charge in [0.15, 0.2) is 13.2 Å². The van der Waals surface area contributed by atoms with Crippen LogP contribution in [0.5, 0.6) is 0 Å². The largest absolute Gasteiger partial charge is 0.477 e. The van der Waals surface area contributed by atoms with Crippen LogP contribution in [0.1, 0.15) is 90.9 Å². The van der Waals surface area contributed by atoms with Crippen molar-refractivity contribution in [2.45, 2.75) is 90.9 Å². The minimum Gasteiger partial charge on any atom is -0.344 e. The Hall–Kier alpha value is -0.840. The molecule has 5 heteroatoms. The van der Waals surface area contributed by atoms with Crippen molar-refractivity contribution in [3.05, 3.63) is 4.91 Å². The summed E-state index contributed by atoms with van der Waals surface area (Å²) < 4.78 is 0. The van der Waals surface area contributed by atoms with Crippen LogP contribution in [0.15, 0.2) is 0 Å². The van der Waals surface area contributed by atoms with Gasteiger partial charge in [0.05, 0.1) is 0 Å². The van der Waals surface area contributed by atoms with Gasteiger partial charge in [0.25, 0.3) is 0 Å². The Balaban J connectivity index is 0. The average molecular weight is 305 g/mol. The summed E-state index contributed by atoms with van der Waals surface area (Å²) in [6.07, 6.45) is 14.3. The van der Waals surface area contributed by atoms with Gasteiger partial charge < -0.3 is 6.15 Å². The zero-order chi connectivity index (χ0) is 14.9. The molecule has 0 amide bonds. The molecule has 0 aliphatic rings. The highest BCUT2D eigenvalue weighted by atomic mass is 17.0. The van der Waals surface area contributed by atoms with Crippen LogP contribution in [0.3, 0.4) is 0 Å². The van der Waals surface area contributed by atoms with Gasteiger partial charge in [-0.2, -0.15) is 9.68 Å².